The van der Waals surface area contributed by atoms with Crippen molar-refractivity contribution >= 4 is 28.4 Å². The number of alkyl halides is 3. The zero-order valence-corrected chi connectivity index (χ0v) is 19.5. The standard InChI is InChI=1S/C13H10F3N.C12H12N2S2/c1-9-5-6-11(8-17-9)10-3-2-4-12(7-10)13(14,15)16;1-2-9-4-5-11(8-10(9)3-1)16-14-12-13-6-7-15-12/h2-8H,1H3;4-8H,1-3H2,(H,13,14). The van der Waals surface area contributed by atoms with Crippen molar-refractivity contribution in [2.75, 3.05) is 4.72 Å². The van der Waals surface area contributed by atoms with E-state index in [9.17, 15) is 13.2 Å². The monoisotopic (exact) mass is 485 g/mol. The van der Waals surface area contributed by atoms with Crippen molar-refractivity contribution in [3.05, 3.63) is 94.8 Å². The van der Waals surface area contributed by atoms with Gasteiger partial charge < -0.3 is 4.72 Å². The Morgan fingerprint density at radius 2 is 1.79 bits per heavy atom. The maximum Gasteiger partial charge on any atom is 0.416 e. The number of aromatic nitrogens is 2. The van der Waals surface area contributed by atoms with Gasteiger partial charge in [-0.05, 0) is 85.2 Å². The van der Waals surface area contributed by atoms with Crippen molar-refractivity contribution in [3.63, 3.8) is 0 Å². The molecule has 33 heavy (non-hydrogen) atoms. The first-order valence-corrected chi connectivity index (χ1v) is 12.1. The number of nitrogens with one attached hydrogen (secondary N) is 1. The maximum atomic E-state index is 12.5. The second kappa shape index (κ2) is 10.4. The van der Waals surface area contributed by atoms with E-state index in [-0.39, 0.29) is 0 Å². The van der Waals surface area contributed by atoms with Gasteiger partial charge >= 0.3 is 6.18 Å². The van der Waals surface area contributed by atoms with Gasteiger partial charge in [0.15, 0.2) is 5.13 Å². The Kier molecular flexibility index (Phi) is 7.35. The van der Waals surface area contributed by atoms with Crippen molar-refractivity contribution in [1.29, 1.82) is 0 Å². The summed E-state index contributed by atoms with van der Waals surface area (Å²) in [6, 6.07) is 15.5. The summed E-state index contributed by atoms with van der Waals surface area (Å²) in [5.41, 5.74) is 4.44. The van der Waals surface area contributed by atoms with Crippen LogP contribution in [0, 0.1) is 6.92 Å². The number of hydrogen-bond acceptors (Lipinski definition) is 5. The van der Waals surface area contributed by atoms with Gasteiger partial charge in [0.25, 0.3) is 0 Å². The number of pyridine rings is 1. The van der Waals surface area contributed by atoms with Gasteiger partial charge in [0.05, 0.1) is 5.56 Å². The Morgan fingerprint density at radius 1 is 0.939 bits per heavy atom. The molecule has 4 aromatic rings. The molecule has 2 aromatic heterocycles. The molecule has 0 bridgehead atoms. The largest absolute Gasteiger partial charge is 0.416 e. The van der Waals surface area contributed by atoms with Crippen LogP contribution >= 0.6 is 23.3 Å². The van der Waals surface area contributed by atoms with Gasteiger partial charge in [-0.1, -0.05) is 24.3 Å². The van der Waals surface area contributed by atoms with Crippen LogP contribution in [0.3, 0.4) is 0 Å². The Labute approximate surface area is 199 Å². The summed E-state index contributed by atoms with van der Waals surface area (Å²) < 4.78 is 40.9. The van der Waals surface area contributed by atoms with Gasteiger partial charge in [-0.3, -0.25) is 4.98 Å². The molecule has 0 aliphatic heterocycles. The van der Waals surface area contributed by atoms with Crippen LogP contribution in [0.15, 0.2) is 77.3 Å². The maximum absolute atomic E-state index is 12.5. The van der Waals surface area contributed by atoms with E-state index in [0.29, 0.717) is 11.1 Å². The Balaban J connectivity index is 0.000000157. The number of hydrogen-bond donors (Lipinski definition) is 1. The van der Waals surface area contributed by atoms with Crippen molar-refractivity contribution in [2.45, 2.75) is 37.3 Å². The topological polar surface area (TPSA) is 37.8 Å². The van der Waals surface area contributed by atoms with Crippen LogP contribution in [0.4, 0.5) is 18.3 Å². The number of anilines is 1. The van der Waals surface area contributed by atoms with E-state index >= 15 is 0 Å². The number of halogens is 3. The van der Waals surface area contributed by atoms with E-state index in [1.165, 1.54) is 41.4 Å². The number of rotatable bonds is 4. The van der Waals surface area contributed by atoms with Crippen LogP contribution in [0.25, 0.3) is 11.1 Å². The van der Waals surface area contributed by atoms with Gasteiger partial charge in [0.1, 0.15) is 0 Å². The number of benzene rings is 2. The second-order valence-electron chi connectivity index (χ2n) is 7.59. The van der Waals surface area contributed by atoms with Crippen LogP contribution in [0.1, 0.15) is 28.8 Å². The van der Waals surface area contributed by atoms with Gasteiger partial charge in [-0.2, -0.15) is 13.2 Å². The Bertz CT molecular complexity index is 1190. The molecule has 2 heterocycles. The van der Waals surface area contributed by atoms with Crippen LogP contribution in [-0.2, 0) is 19.0 Å². The lowest BCUT2D eigenvalue weighted by Crippen LogP contribution is -2.04. The highest BCUT2D eigenvalue weighted by Crippen LogP contribution is 2.32. The second-order valence-corrected chi connectivity index (χ2v) is 9.37. The molecule has 1 aliphatic carbocycles. The number of thiazole rings is 1. The summed E-state index contributed by atoms with van der Waals surface area (Å²) >= 11 is 3.27. The van der Waals surface area contributed by atoms with Gasteiger partial charge in [0, 0.05) is 33.9 Å². The third kappa shape index (κ3) is 6.36. The quantitative estimate of drug-likeness (QED) is 0.299. The van der Waals surface area contributed by atoms with Crippen molar-refractivity contribution < 1.29 is 13.2 Å². The summed E-state index contributed by atoms with van der Waals surface area (Å²) in [6.07, 6.45) is 2.87. The zero-order chi connectivity index (χ0) is 23.3. The minimum atomic E-state index is -4.31. The summed E-state index contributed by atoms with van der Waals surface area (Å²) in [5.74, 6) is 0. The van der Waals surface area contributed by atoms with E-state index in [1.54, 1.807) is 47.7 Å². The molecule has 0 saturated heterocycles. The summed E-state index contributed by atoms with van der Waals surface area (Å²) in [7, 11) is 0. The summed E-state index contributed by atoms with van der Waals surface area (Å²) in [5, 5.41) is 2.94. The van der Waals surface area contributed by atoms with E-state index in [0.717, 1.165) is 23.0 Å². The molecule has 1 aliphatic rings. The molecule has 2 aromatic carbocycles. The van der Waals surface area contributed by atoms with Crippen LogP contribution in [0.5, 0.6) is 0 Å². The first-order valence-electron chi connectivity index (χ1n) is 10.4. The zero-order valence-electron chi connectivity index (χ0n) is 17.9. The predicted molar refractivity (Wildman–Crippen MR) is 129 cm³/mol. The molecule has 1 N–H and O–H groups in total. The van der Waals surface area contributed by atoms with E-state index in [4.69, 9.17) is 0 Å². The molecular weight excluding hydrogens is 463 g/mol. The van der Waals surface area contributed by atoms with Gasteiger partial charge in [-0.15, -0.1) is 11.3 Å². The molecule has 0 spiro atoms. The van der Waals surface area contributed by atoms with E-state index < -0.39 is 11.7 Å². The fourth-order valence-electron chi connectivity index (χ4n) is 3.50. The lowest BCUT2D eigenvalue weighted by Gasteiger charge is -2.08. The molecule has 0 unspecified atom stereocenters. The summed E-state index contributed by atoms with van der Waals surface area (Å²) in [6.45, 7) is 1.83. The summed E-state index contributed by atoms with van der Waals surface area (Å²) in [4.78, 5) is 9.53. The number of fused-ring (bicyclic) bond motifs is 1. The number of nitrogens with zero attached hydrogens (tertiary/aromatic N) is 2. The number of aryl methyl sites for hydroxylation is 3. The smallest absolute Gasteiger partial charge is 0.302 e. The fraction of sp³-hybridized carbons (Fsp3) is 0.200. The Hall–Kier alpha value is -2.84. The highest BCUT2D eigenvalue weighted by atomic mass is 32.2. The molecule has 3 nitrogen and oxygen atoms in total. The highest BCUT2D eigenvalue weighted by molar-refractivity contribution is 8.00. The normalized spacial score (nSPS) is 12.6. The van der Waals surface area contributed by atoms with Gasteiger partial charge in [-0.25, -0.2) is 4.98 Å². The van der Waals surface area contributed by atoms with Crippen molar-refractivity contribution in [3.8, 4) is 11.1 Å². The third-order valence-electron chi connectivity index (χ3n) is 5.19. The molecule has 0 fully saturated rings. The minimum absolute atomic E-state index is 0.521. The van der Waals surface area contributed by atoms with Crippen molar-refractivity contribution in [1.82, 2.24) is 9.97 Å². The lowest BCUT2D eigenvalue weighted by molar-refractivity contribution is -0.137. The van der Waals surface area contributed by atoms with Gasteiger partial charge in [0.2, 0.25) is 0 Å². The fourth-order valence-corrected chi connectivity index (χ4v) is 4.79. The molecular formula is C25H22F3N3S2. The molecule has 0 amide bonds. The molecule has 8 heteroatoms. The molecule has 5 rings (SSSR count). The first kappa shape index (κ1) is 23.3. The first-order chi connectivity index (χ1) is 15.9. The lowest BCUT2D eigenvalue weighted by atomic mass is 10.0. The SMILES string of the molecule is Cc1ccc(-c2cccc(C(F)(F)F)c2)cn1.c1csc(NSc2ccc3c(c2)CCC3)n1. The predicted octanol–water partition coefficient (Wildman–Crippen LogP) is 7.83. The van der Waals surface area contributed by atoms with Crippen LogP contribution in [0.2, 0.25) is 0 Å². The van der Waals surface area contributed by atoms with Crippen LogP contribution < -0.4 is 4.72 Å². The molecule has 0 saturated carbocycles. The van der Waals surface area contributed by atoms with E-state index in [1.807, 2.05) is 18.5 Å². The average molecular weight is 486 g/mol. The molecule has 170 valence electrons. The molecule has 0 atom stereocenters. The third-order valence-corrected chi connectivity index (χ3v) is 6.80. The minimum Gasteiger partial charge on any atom is -0.302 e. The van der Waals surface area contributed by atoms with Crippen molar-refractivity contribution in [2.24, 2.45) is 0 Å². The van der Waals surface area contributed by atoms with Crippen LogP contribution in [-0.4, -0.2) is 9.97 Å². The average Bonchev–Trinajstić information content (AvgIpc) is 3.50. The Morgan fingerprint density at radius 3 is 2.52 bits per heavy atom. The van der Waals surface area contributed by atoms with E-state index in [2.05, 4.69) is 32.9 Å². The molecule has 0 radical (unpaired) electrons. The highest BCUT2D eigenvalue weighted by Gasteiger charge is 2.30.